The van der Waals surface area contributed by atoms with E-state index in [0.717, 1.165) is 63.6 Å². The van der Waals surface area contributed by atoms with Gasteiger partial charge in [-0.15, -0.1) is 0 Å². The van der Waals surface area contributed by atoms with Crippen LogP contribution >= 0.6 is 0 Å². The van der Waals surface area contributed by atoms with Crippen LogP contribution < -0.4 is 14.2 Å². The molecule has 0 atom stereocenters. The molecule has 9 aromatic rings. The molecule has 0 radical (unpaired) electrons. The van der Waals surface area contributed by atoms with Crippen LogP contribution in [0.1, 0.15) is 70.0 Å². The van der Waals surface area contributed by atoms with Gasteiger partial charge >= 0.3 is 17.9 Å². The van der Waals surface area contributed by atoms with Gasteiger partial charge in [-0.05, 0) is 188 Å². The lowest BCUT2D eigenvalue weighted by molar-refractivity contribution is 0.0686. The molecule has 0 saturated carbocycles. The Hall–Kier alpha value is -9.57. The molecule has 0 amide bonds. The molecule has 0 bridgehead atoms. The van der Waals surface area contributed by atoms with E-state index in [1.54, 1.807) is 121 Å². The second-order valence-corrected chi connectivity index (χ2v) is 24.2. The van der Waals surface area contributed by atoms with E-state index in [9.17, 15) is 52.8 Å². The van der Waals surface area contributed by atoms with Gasteiger partial charge < -0.3 is 15.3 Å². The first kappa shape index (κ1) is 63.0. The lowest BCUT2D eigenvalue weighted by Crippen LogP contribution is -2.15. The molecule has 0 aliphatic heterocycles. The van der Waals surface area contributed by atoms with Crippen molar-refractivity contribution in [1.29, 1.82) is 0 Å². The monoisotopic (exact) mass is 1210 g/mol. The van der Waals surface area contributed by atoms with Crippen LogP contribution in [0.2, 0.25) is 0 Å². The predicted octanol–water partition coefficient (Wildman–Crippen LogP) is 12.6. The quantitative estimate of drug-likeness (QED) is 0.0393. The van der Waals surface area contributed by atoms with E-state index >= 15 is 0 Å². The lowest BCUT2D eigenvalue weighted by atomic mass is 10.0. The summed E-state index contributed by atoms with van der Waals surface area (Å²) in [5.74, 6) is -5.75. The number of carboxylic acids is 3. The van der Waals surface area contributed by atoms with Crippen molar-refractivity contribution in [2.24, 2.45) is 0 Å². The first-order valence-corrected chi connectivity index (χ1v) is 30.5. The van der Waals surface area contributed by atoms with Crippen LogP contribution in [0.3, 0.4) is 0 Å². The van der Waals surface area contributed by atoms with Gasteiger partial charge in [-0.25, -0.2) is 52.8 Å². The predicted molar refractivity (Wildman–Crippen MR) is 318 cm³/mol. The van der Waals surface area contributed by atoms with Crippen LogP contribution in [0.15, 0.2) is 227 Å². The number of anilines is 3. The molecule has 0 aromatic heterocycles. The Morgan fingerprint density at radius 1 is 0.353 bits per heavy atom. The fourth-order valence-electron chi connectivity index (χ4n) is 8.39. The van der Waals surface area contributed by atoms with Crippen LogP contribution in [0.4, 0.5) is 30.2 Å². The molecule has 0 fully saturated rings. The van der Waals surface area contributed by atoms with Crippen molar-refractivity contribution in [2.45, 2.75) is 60.1 Å². The van der Waals surface area contributed by atoms with Crippen LogP contribution in [0.5, 0.6) is 0 Å². The Kier molecular flexibility index (Phi) is 21.2. The van der Waals surface area contributed by atoms with E-state index in [2.05, 4.69) is 14.2 Å². The van der Waals surface area contributed by atoms with Gasteiger partial charge in [0.05, 0.1) is 21.6 Å². The zero-order valence-electron chi connectivity index (χ0n) is 45.3. The number of benzene rings is 9. The van der Waals surface area contributed by atoms with E-state index in [4.69, 9.17) is 15.3 Å². The van der Waals surface area contributed by atoms with Crippen molar-refractivity contribution in [3.8, 4) is 0 Å². The Labute approximate surface area is 490 Å². The maximum Gasteiger partial charge on any atom is 0.335 e. The van der Waals surface area contributed by atoms with E-state index in [0.29, 0.717) is 49.5 Å². The third-order valence-electron chi connectivity index (χ3n) is 12.9. The highest BCUT2D eigenvalue weighted by atomic mass is 32.2. The summed E-state index contributed by atoms with van der Waals surface area (Å²) in [7, 11) is -11.9. The Morgan fingerprint density at radius 2 is 0.694 bits per heavy atom. The van der Waals surface area contributed by atoms with Crippen LogP contribution in [0, 0.1) is 24.4 Å². The number of hydrogen-bond acceptors (Lipinski definition) is 9. The molecule has 85 heavy (non-hydrogen) atoms. The average molecular weight is 1210 g/mol. The number of halogens is 3. The Balaban J connectivity index is 0.000000183. The molecule has 0 aliphatic carbocycles. The van der Waals surface area contributed by atoms with E-state index < -0.39 is 75.2 Å². The minimum absolute atomic E-state index is 0.207. The van der Waals surface area contributed by atoms with E-state index in [-0.39, 0.29) is 27.3 Å². The summed E-state index contributed by atoms with van der Waals surface area (Å²) < 4.78 is 123. The fraction of sp³-hybridized carbons (Fsp3) is 0.109. The van der Waals surface area contributed by atoms with Gasteiger partial charge in [0.2, 0.25) is 0 Å². The largest absolute Gasteiger partial charge is 0.478 e. The van der Waals surface area contributed by atoms with Gasteiger partial charge in [0, 0.05) is 23.1 Å². The molecule has 6 N–H and O–H groups in total. The first-order valence-electron chi connectivity index (χ1n) is 26.0. The van der Waals surface area contributed by atoms with Crippen molar-refractivity contribution < 1.29 is 68.1 Å². The SMILES string of the molecule is Cc1ccc(S(=O)(=O)Nc2cccc(CCc3ccc(C(=O)O)cc3)c2)cc1.O=C(O)c1ccc(CCc2cccc(NS(=O)(=O)c3ccc(F)cc3F)c2)cc1.O=C(O)c1ccc(CCc2cccc(NS(=O)(=O)c3ccccc3F)c2)cc1. The summed E-state index contributed by atoms with van der Waals surface area (Å²) in [5.41, 5.74) is 8.48. The minimum atomic E-state index is -4.20. The number of carbonyl (C=O) groups is 3. The van der Waals surface area contributed by atoms with Gasteiger partial charge in [-0.2, -0.15) is 0 Å². The van der Waals surface area contributed by atoms with E-state index in [1.807, 2.05) is 37.3 Å². The van der Waals surface area contributed by atoms with Crippen molar-refractivity contribution in [1.82, 2.24) is 0 Å². The highest BCUT2D eigenvalue weighted by Crippen LogP contribution is 2.24. The van der Waals surface area contributed by atoms with Crippen molar-refractivity contribution in [3.63, 3.8) is 0 Å². The topological polar surface area (TPSA) is 250 Å². The zero-order chi connectivity index (χ0) is 61.3. The summed E-state index contributed by atoms with van der Waals surface area (Å²) in [4.78, 5) is 31.9. The summed E-state index contributed by atoms with van der Waals surface area (Å²) >= 11 is 0. The minimum Gasteiger partial charge on any atom is -0.478 e. The summed E-state index contributed by atoms with van der Waals surface area (Å²) in [5, 5.41) is 26.8. The van der Waals surface area contributed by atoms with Crippen molar-refractivity contribution in [2.75, 3.05) is 14.2 Å². The third-order valence-corrected chi connectivity index (χ3v) is 17.1. The summed E-state index contributed by atoms with van der Waals surface area (Å²) in [6, 6.07) is 54.9. The molecule has 0 unspecified atom stereocenters. The molecule has 9 rings (SSSR count). The van der Waals surface area contributed by atoms with Gasteiger partial charge in [0.15, 0.2) is 0 Å². The van der Waals surface area contributed by atoms with Crippen molar-refractivity contribution >= 4 is 65.0 Å². The van der Waals surface area contributed by atoms with Gasteiger partial charge in [-0.3, -0.25) is 14.2 Å². The molecule has 438 valence electrons. The van der Waals surface area contributed by atoms with Crippen LogP contribution in [-0.4, -0.2) is 58.5 Å². The second kappa shape index (κ2) is 28.6. The maximum absolute atomic E-state index is 13.8. The smallest absolute Gasteiger partial charge is 0.335 e. The molecule has 21 heteroatoms. The maximum atomic E-state index is 13.8. The van der Waals surface area contributed by atoms with Crippen LogP contribution in [-0.2, 0) is 68.6 Å². The molecule has 15 nitrogen and oxygen atoms in total. The number of carboxylic acid groups (broad SMARTS) is 3. The highest BCUT2D eigenvalue weighted by Gasteiger charge is 2.21. The Morgan fingerprint density at radius 3 is 1.05 bits per heavy atom. The van der Waals surface area contributed by atoms with E-state index in [1.165, 1.54) is 36.4 Å². The van der Waals surface area contributed by atoms with Gasteiger partial charge in [0.1, 0.15) is 27.2 Å². The average Bonchev–Trinajstić information content (AvgIpc) is 3.56. The normalized spacial score (nSPS) is 11.2. The third kappa shape index (κ3) is 18.7. The molecular formula is C64H56F3N3O12S3. The highest BCUT2D eigenvalue weighted by molar-refractivity contribution is 7.93. The molecule has 0 saturated heterocycles. The number of rotatable bonds is 21. The number of aryl methyl sites for hydroxylation is 7. The fourth-order valence-corrected chi connectivity index (χ4v) is 11.7. The Bertz CT molecular complexity index is 4170. The second-order valence-electron chi connectivity index (χ2n) is 19.2. The van der Waals surface area contributed by atoms with Gasteiger partial charge in [0.25, 0.3) is 30.1 Å². The first-order chi connectivity index (χ1) is 40.4. The van der Waals surface area contributed by atoms with Crippen LogP contribution in [0.25, 0.3) is 0 Å². The lowest BCUT2D eigenvalue weighted by Gasteiger charge is -2.10. The van der Waals surface area contributed by atoms with Crippen molar-refractivity contribution in [3.05, 3.63) is 285 Å². The molecule has 0 aliphatic rings. The molecular weight excluding hydrogens is 1160 g/mol. The summed E-state index contributed by atoms with van der Waals surface area (Å²) in [6.45, 7) is 1.91. The zero-order valence-corrected chi connectivity index (χ0v) is 47.8. The number of aromatic carboxylic acids is 3. The molecule has 9 aromatic carbocycles. The number of nitrogens with one attached hydrogen (secondary N) is 3. The van der Waals surface area contributed by atoms with Gasteiger partial charge in [-0.1, -0.05) is 103 Å². The standard InChI is InChI=1S/C22H21NO4S.C21H17F2NO4S.C21H18FNO4S/c1-16-5-13-21(14-6-16)28(26,27)23-20-4-2-3-18(15-20)8-7-17-9-11-19(12-10-17)22(24)25;22-17-10-11-20(19(23)13-17)29(27,28)24-18-3-1-2-15(12-18)5-4-14-6-8-16(9-7-14)21(25)26;22-19-6-1-2-7-20(19)28(26,27)23-18-5-3-4-16(14-18)9-8-15-10-12-17(13-11-15)21(24)25/h2-6,9-15,23H,7-8H2,1H3,(H,24,25);1-3,6-13,24H,4-5H2,(H,25,26);1-7,10-14,23H,8-9H2,(H,24,25). The molecule has 0 spiro atoms. The number of sulfonamides is 3. The number of hydrogen-bond donors (Lipinski definition) is 6. The summed E-state index contributed by atoms with van der Waals surface area (Å²) in [6.07, 6.45) is 3.97. The molecule has 0 heterocycles.